The fourth-order valence-corrected chi connectivity index (χ4v) is 2.60. The highest BCUT2D eigenvalue weighted by atomic mass is 127. The Bertz CT molecular complexity index is 688. The largest absolute Gasteiger partial charge is 0.497 e. The number of guanidine groups is 1. The molecule has 1 heterocycles. The van der Waals surface area contributed by atoms with Crippen LogP contribution >= 0.6 is 24.0 Å². The molecule has 2 rings (SSSR count). The summed E-state index contributed by atoms with van der Waals surface area (Å²) in [6.07, 6.45) is 6.33. The van der Waals surface area contributed by atoms with Crippen molar-refractivity contribution < 1.29 is 9.26 Å². The number of aliphatic imine (C=N–C) groups is 1. The summed E-state index contributed by atoms with van der Waals surface area (Å²) in [5.74, 6) is 3.00. The average molecular weight is 501 g/mol. The number of ether oxygens (including phenoxy) is 1. The van der Waals surface area contributed by atoms with E-state index in [4.69, 9.17) is 9.26 Å². The van der Waals surface area contributed by atoms with Crippen LogP contribution in [0.1, 0.15) is 44.9 Å². The van der Waals surface area contributed by atoms with Gasteiger partial charge in [-0.15, -0.1) is 24.0 Å². The molecule has 0 aliphatic carbocycles. The van der Waals surface area contributed by atoms with E-state index >= 15 is 0 Å². The quantitative estimate of drug-likeness (QED) is 0.209. The topological polar surface area (TPSA) is 84.6 Å². The average Bonchev–Trinajstić information content (AvgIpc) is 3.18. The van der Waals surface area contributed by atoms with Crippen LogP contribution in [0.3, 0.4) is 0 Å². The zero-order chi connectivity index (χ0) is 19.3. The van der Waals surface area contributed by atoms with Gasteiger partial charge in [-0.05, 0) is 43.5 Å². The van der Waals surface area contributed by atoms with Gasteiger partial charge in [-0.2, -0.15) is 4.98 Å². The van der Waals surface area contributed by atoms with E-state index in [1.807, 2.05) is 24.3 Å². The molecular formula is C20H32IN5O2. The number of nitrogens with zero attached hydrogens (tertiary/aromatic N) is 3. The zero-order valence-corrected chi connectivity index (χ0v) is 19.4. The van der Waals surface area contributed by atoms with Crippen LogP contribution in [0.2, 0.25) is 0 Å². The van der Waals surface area contributed by atoms with Crippen LogP contribution in [-0.4, -0.2) is 43.3 Å². The van der Waals surface area contributed by atoms with E-state index in [0.717, 1.165) is 62.5 Å². The first-order chi connectivity index (χ1) is 13.3. The van der Waals surface area contributed by atoms with Gasteiger partial charge in [0.1, 0.15) is 5.75 Å². The van der Waals surface area contributed by atoms with Crippen LogP contribution < -0.4 is 15.4 Å². The van der Waals surface area contributed by atoms with Crippen molar-refractivity contribution in [2.45, 2.75) is 45.4 Å². The third kappa shape index (κ3) is 8.45. The van der Waals surface area contributed by atoms with Gasteiger partial charge < -0.3 is 19.9 Å². The third-order valence-corrected chi connectivity index (χ3v) is 4.22. The summed E-state index contributed by atoms with van der Waals surface area (Å²) >= 11 is 0. The molecular weight excluding hydrogens is 469 g/mol. The molecule has 0 bridgehead atoms. The second-order valence-electron chi connectivity index (χ2n) is 6.33. The maximum atomic E-state index is 5.36. The predicted octanol–water partition coefficient (Wildman–Crippen LogP) is 4.04. The number of halogens is 1. The summed E-state index contributed by atoms with van der Waals surface area (Å²) < 4.78 is 10.5. The SMILES string of the molecule is CCCCNC(=NC)NCCCCCc1nc(-c2ccc(OC)cc2)no1.I. The summed E-state index contributed by atoms with van der Waals surface area (Å²) in [7, 11) is 3.45. The molecule has 0 unspecified atom stereocenters. The molecule has 0 atom stereocenters. The van der Waals surface area contributed by atoms with Crippen molar-refractivity contribution in [2.24, 2.45) is 4.99 Å². The van der Waals surface area contributed by atoms with Crippen molar-refractivity contribution in [3.63, 3.8) is 0 Å². The second kappa shape index (κ2) is 14.2. The van der Waals surface area contributed by atoms with Gasteiger partial charge in [0.25, 0.3) is 0 Å². The number of aromatic nitrogens is 2. The van der Waals surface area contributed by atoms with Crippen molar-refractivity contribution in [1.29, 1.82) is 0 Å². The fourth-order valence-electron chi connectivity index (χ4n) is 2.60. The van der Waals surface area contributed by atoms with E-state index in [-0.39, 0.29) is 24.0 Å². The van der Waals surface area contributed by atoms with Crippen molar-refractivity contribution in [1.82, 2.24) is 20.8 Å². The van der Waals surface area contributed by atoms with Gasteiger partial charge >= 0.3 is 0 Å². The van der Waals surface area contributed by atoms with Gasteiger partial charge in [0, 0.05) is 32.1 Å². The first-order valence-electron chi connectivity index (χ1n) is 9.68. The summed E-state index contributed by atoms with van der Waals surface area (Å²) in [4.78, 5) is 8.69. The molecule has 8 heteroatoms. The summed E-state index contributed by atoms with van der Waals surface area (Å²) in [5, 5.41) is 10.7. The molecule has 2 aromatic rings. The van der Waals surface area contributed by atoms with Gasteiger partial charge in [0.05, 0.1) is 7.11 Å². The van der Waals surface area contributed by atoms with Gasteiger partial charge in [0.2, 0.25) is 11.7 Å². The molecule has 2 N–H and O–H groups in total. The highest BCUT2D eigenvalue weighted by Crippen LogP contribution is 2.20. The first-order valence-corrected chi connectivity index (χ1v) is 9.68. The lowest BCUT2D eigenvalue weighted by Crippen LogP contribution is -2.38. The zero-order valence-electron chi connectivity index (χ0n) is 17.0. The molecule has 0 saturated carbocycles. The van der Waals surface area contributed by atoms with Gasteiger partial charge in [-0.3, -0.25) is 4.99 Å². The number of aryl methyl sites for hydroxylation is 1. The first kappa shape index (κ1) is 24.2. The number of methoxy groups -OCH3 is 1. The van der Waals surface area contributed by atoms with Crippen LogP contribution in [-0.2, 0) is 6.42 Å². The minimum atomic E-state index is 0. The maximum Gasteiger partial charge on any atom is 0.226 e. The molecule has 0 spiro atoms. The van der Waals surface area contributed by atoms with E-state index in [9.17, 15) is 0 Å². The minimum Gasteiger partial charge on any atom is -0.497 e. The van der Waals surface area contributed by atoms with E-state index in [1.165, 1.54) is 6.42 Å². The standard InChI is InChI=1S/C20H31N5O2.HI/c1-4-5-14-22-20(21-2)23-15-8-6-7-9-18-24-19(25-27-18)16-10-12-17(26-3)13-11-16;/h10-13H,4-9,14-15H2,1-3H3,(H2,21,22,23);1H. The van der Waals surface area contributed by atoms with Crippen LogP contribution in [0.15, 0.2) is 33.8 Å². The van der Waals surface area contributed by atoms with Gasteiger partial charge in [0.15, 0.2) is 5.96 Å². The molecule has 0 aliphatic heterocycles. The molecule has 28 heavy (non-hydrogen) atoms. The number of unbranched alkanes of at least 4 members (excludes halogenated alkanes) is 3. The number of benzene rings is 1. The lowest BCUT2D eigenvalue weighted by Gasteiger charge is -2.11. The Balaban J connectivity index is 0.00000392. The summed E-state index contributed by atoms with van der Waals surface area (Å²) in [5.41, 5.74) is 0.928. The van der Waals surface area contributed by atoms with Crippen LogP contribution in [0.4, 0.5) is 0 Å². The van der Waals surface area contributed by atoms with Gasteiger partial charge in [-0.25, -0.2) is 0 Å². The maximum absolute atomic E-state index is 5.36. The Morgan fingerprint density at radius 2 is 1.79 bits per heavy atom. The van der Waals surface area contributed by atoms with E-state index in [0.29, 0.717) is 11.7 Å². The summed E-state index contributed by atoms with van der Waals surface area (Å²) in [6, 6.07) is 7.65. The van der Waals surface area contributed by atoms with Crippen molar-refractivity contribution in [3.8, 4) is 17.1 Å². The van der Waals surface area contributed by atoms with E-state index in [2.05, 4.69) is 32.7 Å². The van der Waals surface area contributed by atoms with E-state index < -0.39 is 0 Å². The smallest absolute Gasteiger partial charge is 0.226 e. The van der Waals surface area contributed by atoms with Crippen molar-refractivity contribution in [2.75, 3.05) is 27.2 Å². The van der Waals surface area contributed by atoms with Crippen LogP contribution in [0, 0.1) is 0 Å². The van der Waals surface area contributed by atoms with Crippen LogP contribution in [0.25, 0.3) is 11.4 Å². The lowest BCUT2D eigenvalue weighted by atomic mass is 10.2. The van der Waals surface area contributed by atoms with Crippen molar-refractivity contribution in [3.05, 3.63) is 30.2 Å². The van der Waals surface area contributed by atoms with Gasteiger partial charge in [-0.1, -0.05) is 24.9 Å². The Kier molecular flexibility index (Phi) is 12.3. The number of hydrogen-bond donors (Lipinski definition) is 2. The molecule has 0 amide bonds. The Morgan fingerprint density at radius 3 is 2.43 bits per heavy atom. The van der Waals surface area contributed by atoms with Crippen molar-refractivity contribution >= 4 is 29.9 Å². The Morgan fingerprint density at radius 1 is 1.07 bits per heavy atom. The molecule has 0 saturated heterocycles. The summed E-state index contributed by atoms with van der Waals surface area (Å²) in [6.45, 7) is 4.05. The Labute approximate surface area is 184 Å². The fraction of sp³-hybridized carbons (Fsp3) is 0.550. The number of hydrogen-bond acceptors (Lipinski definition) is 5. The predicted molar refractivity (Wildman–Crippen MR) is 124 cm³/mol. The highest BCUT2D eigenvalue weighted by molar-refractivity contribution is 14.0. The highest BCUT2D eigenvalue weighted by Gasteiger charge is 2.08. The molecule has 7 nitrogen and oxygen atoms in total. The minimum absolute atomic E-state index is 0. The number of rotatable bonds is 11. The third-order valence-electron chi connectivity index (χ3n) is 4.22. The lowest BCUT2D eigenvalue weighted by molar-refractivity contribution is 0.374. The molecule has 156 valence electrons. The Hall–Kier alpha value is -1.84. The second-order valence-corrected chi connectivity index (χ2v) is 6.33. The normalized spacial score (nSPS) is 11.0. The monoisotopic (exact) mass is 501 g/mol. The van der Waals surface area contributed by atoms with Crippen LogP contribution in [0.5, 0.6) is 5.75 Å². The molecule has 0 fully saturated rings. The molecule has 1 aromatic heterocycles. The molecule has 0 aliphatic rings. The molecule has 1 aromatic carbocycles. The van der Waals surface area contributed by atoms with E-state index in [1.54, 1.807) is 14.2 Å². The molecule has 0 radical (unpaired) electrons. The number of nitrogens with one attached hydrogen (secondary N) is 2.